The average Bonchev–Trinajstić information content (AvgIpc) is 3.26. The maximum absolute atomic E-state index is 12.3. The third kappa shape index (κ3) is 5.54. The SMILES string of the molecule is Cc1ccc(-c2nnc(-c3cccc(NC(=O)CSCc4ccccc4Cl)c3)o2)cc1. The molecule has 0 radical (unpaired) electrons. The topological polar surface area (TPSA) is 68.0 Å². The van der Waals surface area contributed by atoms with E-state index in [-0.39, 0.29) is 5.91 Å². The molecule has 0 aliphatic carbocycles. The fraction of sp³-hybridized carbons (Fsp3) is 0.125. The Morgan fingerprint density at radius 2 is 1.71 bits per heavy atom. The number of thioether (sulfide) groups is 1. The van der Waals surface area contributed by atoms with Crippen molar-refractivity contribution in [2.24, 2.45) is 0 Å². The summed E-state index contributed by atoms with van der Waals surface area (Å²) in [5.74, 6) is 1.78. The van der Waals surface area contributed by atoms with Crippen LogP contribution in [-0.4, -0.2) is 21.9 Å². The zero-order chi connectivity index (χ0) is 21.6. The number of nitrogens with one attached hydrogen (secondary N) is 1. The number of carbonyl (C=O) groups is 1. The van der Waals surface area contributed by atoms with E-state index in [4.69, 9.17) is 16.0 Å². The fourth-order valence-electron chi connectivity index (χ4n) is 2.95. The molecule has 31 heavy (non-hydrogen) atoms. The Bertz CT molecular complexity index is 1190. The van der Waals surface area contributed by atoms with Crippen molar-refractivity contribution in [1.82, 2.24) is 10.2 Å². The van der Waals surface area contributed by atoms with Crippen LogP contribution < -0.4 is 5.32 Å². The van der Waals surface area contributed by atoms with Gasteiger partial charge in [0.25, 0.3) is 0 Å². The van der Waals surface area contributed by atoms with Gasteiger partial charge in [0.15, 0.2) is 0 Å². The summed E-state index contributed by atoms with van der Waals surface area (Å²) in [7, 11) is 0. The van der Waals surface area contributed by atoms with Crippen molar-refractivity contribution in [1.29, 1.82) is 0 Å². The van der Waals surface area contributed by atoms with Gasteiger partial charge in [0, 0.05) is 27.6 Å². The Morgan fingerprint density at radius 3 is 2.48 bits per heavy atom. The number of aromatic nitrogens is 2. The molecule has 3 aromatic carbocycles. The number of rotatable bonds is 7. The molecule has 1 aromatic heterocycles. The lowest BCUT2D eigenvalue weighted by Crippen LogP contribution is -2.14. The van der Waals surface area contributed by atoms with Crippen molar-refractivity contribution in [2.75, 3.05) is 11.1 Å². The first kappa shape index (κ1) is 21.2. The second kappa shape index (κ2) is 9.81. The van der Waals surface area contributed by atoms with Crippen LogP contribution in [0.2, 0.25) is 5.02 Å². The van der Waals surface area contributed by atoms with E-state index >= 15 is 0 Å². The van der Waals surface area contributed by atoms with E-state index in [2.05, 4.69) is 15.5 Å². The van der Waals surface area contributed by atoms with Gasteiger partial charge < -0.3 is 9.73 Å². The Labute approximate surface area is 189 Å². The predicted octanol–water partition coefficient (Wildman–Crippen LogP) is 6.24. The number of benzene rings is 3. The Kier molecular flexibility index (Phi) is 6.70. The zero-order valence-corrected chi connectivity index (χ0v) is 18.4. The van der Waals surface area contributed by atoms with E-state index in [9.17, 15) is 4.79 Å². The number of carbonyl (C=O) groups excluding carboxylic acids is 1. The van der Waals surface area contributed by atoms with Crippen LogP contribution in [0.25, 0.3) is 22.9 Å². The lowest BCUT2D eigenvalue weighted by molar-refractivity contribution is -0.113. The normalized spacial score (nSPS) is 10.8. The molecule has 0 aliphatic heterocycles. The first-order chi connectivity index (χ1) is 15.1. The molecule has 0 bridgehead atoms. The molecule has 0 atom stereocenters. The van der Waals surface area contributed by atoms with Gasteiger partial charge in [-0.3, -0.25) is 4.79 Å². The Balaban J connectivity index is 1.37. The van der Waals surface area contributed by atoms with Gasteiger partial charge in [-0.2, -0.15) is 0 Å². The van der Waals surface area contributed by atoms with Gasteiger partial charge in [0.2, 0.25) is 17.7 Å². The van der Waals surface area contributed by atoms with E-state index in [1.54, 1.807) is 0 Å². The molecular weight excluding hydrogens is 430 g/mol. The molecule has 0 aliphatic rings. The van der Waals surface area contributed by atoms with Gasteiger partial charge in [-0.15, -0.1) is 22.0 Å². The van der Waals surface area contributed by atoms with Gasteiger partial charge in [-0.05, 0) is 48.9 Å². The van der Waals surface area contributed by atoms with Gasteiger partial charge in [-0.25, -0.2) is 0 Å². The van der Waals surface area contributed by atoms with E-state index in [0.29, 0.717) is 34.0 Å². The summed E-state index contributed by atoms with van der Waals surface area (Å²) in [5, 5.41) is 11.9. The van der Waals surface area contributed by atoms with Crippen LogP contribution >= 0.6 is 23.4 Å². The van der Waals surface area contributed by atoms with Crippen molar-refractivity contribution < 1.29 is 9.21 Å². The van der Waals surface area contributed by atoms with Crippen molar-refractivity contribution in [2.45, 2.75) is 12.7 Å². The maximum atomic E-state index is 12.3. The molecule has 4 rings (SSSR count). The summed E-state index contributed by atoms with van der Waals surface area (Å²) in [6.45, 7) is 2.03. The first-order valence-electron chi connectivity index (χ1n) is 9.70. The molecule has 0 unspecified atom stereocenters. The summed E-state index contributed by atoms with van der Waals surface area (Å²) in [4.78, 5) is 12.3. The molecule has 1 N–H and O–H groups in total. The summed E-state index contributed by atoms with van der Waals surface area (Å²) in [5.41, 5.74) is 4.47. The van der Waals surface area contributed by atoms with Crippen LogP contribution in [-0.2, 0) is 10.5 Å². The van der Waals surface area contributed by atoms with E-state index in [1.165, 1.54) is 11.8 Å². The standard InChI is InChI=1S/C24H20ClN3O2S/c1-16-9-11-17(12-10-16)23-27-28-24(30-23)18-6-4-7-20(13-18)26-22(29)15-31-14-19-5-2-3-8-21(19)25/h2-13H,14-15H2,1H3,(H,26,29). The highest BCUT2D eigenvalue weighted by Gasteiger charge is 2.12. The average molecular weight is 450 g/mol. The van der Waals surface area contributed by atoms with Gasteiger partial charge in [-0.1, -0.05) is 53.6 Å². The lowest BCUT2D eigenvalue weighted by Gasteiger charge is -2.07. The van der Waals surface area contributed by atoms with Crippen molar-refractivity contribution in [3.63, 3.8) is 0 Å². The highest BCUT2D eigenvalue weighted by molar-refractivity contribution is 7.99. The Morgan fingerprint density at radius 1 is 0.968 bits per heavy atom. The number of amides is 1. The predicted molar refractivity (Wildman–Crippen MR) is 126 cm³/mol. The molecule has 0 saturated heterocycles. The Hall–Kier alpha value is -3.09. The summed E-state index contributed by atoms with van der Waals surface area (Å²) in [6, 6.07) is 22.9. The third-order valence-corrected chi connectivity index (χ3v) is 5.92. The van der Waals surface area contributed by atoms with E-state index in [0.717, 1.165) is 22.3 Å². The second-order valence-electron chi connectivity index (χ2n) is 6.99. The molecule has 156 valence electrons. The molecule has 1 amide bonds. The fourth-order valence-corrected chi connectivity index (χ4v) is 4.06. The molecule has 7 heteroatoms. The quantitative estimate of drug-likeness (QED) is 0.362. The van der Waals surface area contributed by atoms with E-state index in [1.807, 2.05) is 79.7 Å². The smallest absolute Gasteiger partial charge is 0.248 e. The maximum Gasteiger partial charge on any atom is 0.248 e. The molecular formula is C24H20ClN3O2S. The van der Waals surface area contributed by atoms with Crippen LogP contribution in [0.5, 0.6) is 0 Å². The van der Waals surface area contributed by atoms with Crippen LogP contribution in [0.4, 0.5) is 5.69 Å². The van der Waals surface area contributed by atoms with Crippen molar-refractivity contribution in [3.05, 3.63) is 88.9 Å². The minimum atomic E-state index is -0.0833. The number of hydrogen-bond acceptors (Lipinski definition) is 5. The van der Waals surface area contributed by atoms with Gasteiger partial charge >= 0.3 is 0 Å². The largest absolute Gasteiger partial charge is 0.416 e. The monoisotopic (exact) mass is 449 g/mol. The van der Waals surface area contributed by atoms with Crippen molar-refractivity contribution in [3.8, 4) is 22.9 Å². The van der Waals surface area contributed by atoms with Gasteiger partial charge in [0.1, 0.15) is 0 Å². The number of aryl methyl sites for hydroxylation is 1. The number of nitrogens with zero attached hydrogens (tertiary/aromatic N) is 2. The highest BCUT2D eigenvalue weighted by atomic mass is 35.5. The molecule has 4 aromatic rings. The highest BCUT2D eigenvalue weighted by Crippen LogP contribution is 2.26. The molecule has 0 saturated carbocycles. The summed E-state index contributed by atoms with van der Waals surface area (Å²) < 4.78 is 5.83. The van der Waals surface area contributed by atoms with Crippen LogP contribution in [0.1, 0.15) is 11.1 Å². The molecule has 5 nitrogen and oxygen atoms in total. The number of halogens is 1. The molecule has 0 spiro atoms. The van der Waals surface area contributed by atoms with Crippen LogP contribution in [0, 0.1) is 6.92 Å². The minimum Gasteiger partial charge on any atom is -0.416 e. The van der Waals surface area contributed by atoms with Crippen LogP contribution in [0.3, 0.4) is 0 Å². The molecule has 1 heterocycles. The number of hydrogen-bond donors (Lipinski definition) is 1. The summed E-state index contributed by atoms with van der Waals surface area (Å²) in [6.07, 6.45) is 0. The molecule has 0 fully saturated rings. The second-order valence-corrected chi connectivity index (χ2v) is 8.38. The zero-order valence-electron chi connectivity index (χ0n) is 16.8. The summed E-state index contributed by atoms with van der Waals surface area (Å²) >= 11 is 7.67. The van der Waals surface area contributed by atoms with Gasteiger partial charge in [0.05, 0.1) is 5.75 Å². The van der Waals surface area contributed by atoms with Crippen LogP contribution in [0.15, 0.2) is 77.2 Å². The third-order valence-electron chi connectivity index (χ3n) is 4.57. The lowest BCUT2D eigenvalue weighted by atomic mass is 10.1. The first-order valence-corrected chi connectivity index (χ1v) is 11.2. The van der Waals surface area contributed by atoms with E-state index < -0.39 is 0 Å². The number of anilines is 1. The van der Waals surface area contributed by atoms with Crippen molar-refractivity contribution >= 4 is 35.0 Å². The minimum absolute atomic E-state index is 0.0833.